The van der Waals surface area contributed by atoms with Crippen LogP contribution in [0.5, 0.6) is 0 Å². The highest BCUT2D eigenvalue weighted by molar-refractivity contribution is 6.50. The van der Waals surface area contributed by atoms with Gasteiger partial charge in [0.25, 0.3) is 0 Å². The maximum atomic E-state index is 11.9. The van der Waals surface area contributed by atoms with Gasteiger partial charge in [0.15, 0.2) is 0 Å². The number of nitrogens with one attached hydrogen (secondary N) is 2. The van der Waals surface area contributed by atoms with Crippen LogP contribution in [0.25, 0.3) is 0 Å². The molecule has 1 aliphatic heterocycles. The predicted octanol–water partition coefficient (Wildman–Crippen LogP) is 1.44. The topological polar surface area (TPSA) is 41.1 Å². The second-order valence-corrected chi connectivity index (χ2v) is 6.97. The van der Waals surface area contributed by atoms with E-state index in [2.05, 4.69) is 10.6 Å². The van der Waals surface area contributed by atoms with Gasteiger partial charge in [0.1, 0.15) is 4.33 Å². The first-order chi connectivity index (χ1) is 7.47. The van der Waals surface area contributed by atoms with Crippen molar-refractivity contribution in [1.82, 2.24) is 10.6 Å². The summed E-state index contributed by atoms with van der Waals surface area (Å²) >= 11 is 11.9. The molecule has 3 aliphatic rings. The van der Waals surface area contributed by atoms with E-state index in [0.29, 0.717) is 6.04 Å². The molecule has 0 aromatic carbocycles. The first kappa shape index (κ1) is 11.1. The lowest BCUT2D eigenvalue weighted by Crippen LogP contribution is -2.46. The summed E-state index contributed by atoms with van der Waals surface area (Å²) in [5.41, 5.74) is 0. The van der Waals surface area contributed by atoms with Gasteiger partial charge in [-0.05, 0) is 32.1 Å². The summed E-state index contributed by atoms with van der Waals surface area (Å²) in [7, 11) is 0. The van der Waals surface area contributed by atoms with Crippen LogP contribution in [0, 0.1) is 11.8 Å². The van der Waals surface area contributed by atoms with Crippen LogP contribution in [-0.4, -0.2) is 28.4 Å². The lowest BCUT2D eigenvalue weighted by molar-refractivity contribution is -0.123. The second-order valence-electron chi connectivity index (χ2n) is 5.43. The van der Waals surface area contributed by atoms with Gasteiger partial charge in [-0.25, -0.2) is 0 Å². The van der Waals surface area contributed by atoms with Gasteiger partial charge in [-0.3, -0.25) is 4.79 Å². The molecule has 5 atom stereocenters. The standard InChI is InChI=1S/C11H16Cl2N2O/c1-5(7-4-11(7,12)13)14-10(16)9-3-6-2-8(6)15-9/h5-9,15H,2-4H2,1H3,(H,14,16)/t5-,6-,7-,8-,9+/m1/s1. The smallest absolute Gasteiger partial charge is 0.237 e. The molecule has 2 saturated carbocycles. The van der Waals surface area contributed by atoms with Gasteiger partial charge in [-0.1, -0.05) is 0 Å². The molecule has 3 fully saturated rings. The highest BCUT2D eigenvalue weighted by atomic mass is 35.5. The minimum atomic E-state index is -0.613. The van der Waals surface area contributed by atoms with E-state index in [9.17, 15) is 4.79 Å². The maximum Gasteiger partial charge on any atom is 0.237 e. The molecule has 0 aromatic rings. The number of hydrogen-bond donors (Lipinski definition) is 2. The van der Waals surface area contributed by atoms with Crippen molar-refractivity contribution in [2.45, 2.75) is 48.6 Å². The van der Waals surface area contributed by atoms with E-state index < -0.39 is 4.33 Å². The monoisotopic (exact) mass is 262 g/mol. The van der Waals surface area contributed by atoms with Crippen molar-refractivity contribution >= 4 is 29.1 Å². The molecular formula is C11H16Cl2N2O. The fraction of sp³-hybridized carbons (Fsp3) is 0.909. The molecule has 3 nitrogen and oxygen atoms in total. The van der Waals surface area contributed by atoms with Crippen LogP contribution in [-0.2, 0) is 4.79 Å². The molecule has 0 aromatic heterocycles. The van der Waals surface area contributed by atoms with Gasteiger partial charge in [0, 0.05) is 18.0 Å². The molecule has 0 spiro atoms. The number of amides is 1. The Morgan fingerprint density at radius 2 is 2.19 bits per heavy atom. The van der Waals surface area contributed by atoms with Crippen LogP contribution < -0.4 is 10.6 Å². The van der Waals surface area contributed by atoms with Crippen LogP contribution >= 0.6 is 23.2 Å². The fourth-order valence-electron chi connectivity index (χ4n) is 2.73. The summed E-state index contributed by atoms with van der Waals surface area (Å²) in [4.78, 5) is 11.9. The van der Waals surface area contributed by atoms with E-state index in [0.717, 1.165) is 18.8 Å². The van der Waals surface area contributed by atoms with Crippen LogP contribution in [0.2, 0.25) is 0 Å². The van der Waals surface area contributed by atoms with Crippen LogP contribution in [0.4, 0.5) is 0 Å². The Morgan fingerprint density at radius 3 is 2.69 bits per heavy atom. The van der Waals surface area contributed by atoms with E-state index in [1.54, 1.807) is 0 Å². The van der Waals surface area contributed by atoms with Crippen molar-refractivity contribution in [3.05, 3.63) is 0 Å². The minimum absolute atomic E-state index is 0.00463. The average molecular weight is 263 g/mol. The zero-order valence-electron chi connectivity index (χ0n) is 9.17. The van der Waals surface area contributed by atoms with Gasteiger partial charge >= 0.3 is 0 Å². The van der Waals surface area contributed by atoms with Crippen molar-refractivity contribution in [2.24, 2.45) is 11.8 Å². The minimum Gasteiger partial charge on any atom is -0.352 e. The van der Waals surface area contributed by atoms with Crippen molar-refractivity contribution in [2.75, 3.05) is 0 Å². The number of rotatable bonds is 3. The molecule has 2 N–H and O–H groups in total. The Hall–Kier alpha value is 0.01000. The van der Waals surface area contributed by atoms with Gasteiger partial charge in [0.05, 0.1) is 6.04 Å². The zero-order chi connectivity index (χ0) is 11.5. The predicted molar refractivity (Wildman–Crippen MR) is 63.6 cm³/mol. The van der Waals surface area contributed by atoms with Crippen molar-refractivity contribution < 1.29 is 4.79 Å². The number of hydrogen-bond acceptors (Lipinski definition) is 2. The summed E-state index contributed by atoms with van der Waals surface area (Å²) < 4.78 is -0.613. The third kappa shape index (κ3) is 1.93. The lowest BCUT2D eigenvalue weighted by Gasteiger charge is -2.18. The highest BCUT2D eigenvalue weighted by Gasteiger charge is 2.55. The molecule has 3 rings (SSSR count). The van der Waals surface area contributed by atoms with Crippen LogP contribution in [0.3, 0.4) is 0 Å². The Bertz CT molecular complexity index is 324. The summed E-state index contributed by atoms with van der Waals surface area (Å²) in [5, 5.41) is 6.35. The number of piperidine rings is 1. The molecule has 90 valence electrons. The van der Waals surface area contributed by atoms with Crippen LogP contribution in [0.15, 0.2) is 0 Å². The van der Waals surface area contributed by atoms with Crippen LogP contribution in [0.1, 0.15) is 26.2 Å². The lowest BCUT2D eigenvalue weighted by atomic mass is 10.1. The third-order valence-electron chi connectivity index (χ3n) is 4.04. The Labute approximate surface area is 105 Å². The third-order valence-corrected chi connectivity index (χ3v) is 4.91. The van der Waals surface area contributed by atoms with Gasteiger partial charge in [-0.15, -0.1) is 23.2 Å². The molecule has 0 unspecified atom stereocenters. The van der Waals surface area contributed by atoms with Gasteiger partial charge < -0.3 is 10.6 Å². The maximum absolute atomic E-state index is 11.9. The number of fused-ring (bicyclic) bond motifs is 1. The van der Waals surface area contributed by atoms with E-state index >= 15 is 0 Å². The summed E-state index contributed by atoms with van der Waals surface area (Å²) in [6, 6.07) is 0.679. The number of carbonyl (C=O) groups excluding carboxylic acids is 1. The summed E-state index contributed by atoms with van der Waals surface area (Å²) in [5.74, 6) is 1.05. The summed E-state index contributed by atoms with van der Waals surface area (Å²) in [6.45, 7) is 1.98. The Morgan fingerprint density at radius 1 is 1.50 bits per heavy atom. The quantitative estimate of drug-likeness (QED) is 0.756. The zero-order valence-corrected chi connectivity index (χ0v) is 10.7. The largest absolute Gasteiger partial charge is 0.352 e. The van der Waals surface area contributed by atoms with Crippen molar-refractivity contribution in [1.29, 1.82) is 0 Å². The molecule has 1 saturated heterocycles. The fourth-order valence-corrected chi connectivity index (χ4v) is 3.44. The van der Waals surface area contributed by atoms with Crippen molar-refractivity contribution in [3.63, 3.8) is 0 Å². The Balaban J connectivity index is 1.49. The molecule has 1 heterocycles. The number of halogens is 2. The van der Waals surface area contributed by atoms with E-state index in [4.69, 9.17) is 23.2 Å². The SMILES string of the molecule is C[C@@H](NC(=O)[C@@H]1C[C@H]2C[C@H]2N1)[C@H]1CC1(Cl)Cl. The highest BCUT2D eigenvalue weighted by Crippen LogP contribution is 2.54. The number of alkyl halides is 2. The van der Waals surface area contributed by atoms with E-state index in [1.807, 2.05) is 6.92 Å². The first-order valence-corrected chi connectivity index (χ1v) is 6.67. The summed E-state index contributed by atoms with van der Waals surface area (Å²) in [6.07, 6.45) is 3.01. The molecular weight excluding hydrogens is 247 g/mol. The Kier molecular flexibility index (Phi) is 2.43. The van der Waals surface area contributed by atoms with E-state index in [-0.39, 0.29) is 23.9 Å². The molecule has 0 bridgehead atoms. The van der Waals surface area contributed by atoms with E-state index in [1.165, 1.54) is 6.42 Å². The molecule has 16 heavy (non-hydrogen) atoms. The average Bonchev–Trinajstić information content (AvgIpc) is 3.04. The molecule has 0 radical (unpaired) electrons. The number of carbonyl (C=O) groups is 1. The second kappa shape index (κ2) is 3.50. The molecule has 5 heteroatoms. The van der Waals surface area contributed by atoms with Gasteiger partial charge in [0.2, 0.25) is 5.91 Å². The molecule has 1 amide bonds. The molecule has 2 aliphatic carbocycles. The van der Waals surface area contributed by atoms with Gasteiger partial charge in [-0.2, -0.15) is 0 Å². The first-order valence-electron chi connectivity index (χ1n) is 5.91. The normalized spacial score (nSPS) is 44.7. The van der Waals surface area contributed by atoms with Crippen molar-refractivity contribution in [3.8, 4) is 0 Å².